The fourth-order valence-electron chi connectivity index (χ4n) is 3.10. The number of hydrogen-bond donors (Lipinski definition) is 1. The summed E-state index contributed by atoms with van der Waals surface area (Å²) in [6.45, 7) is 8.28. The van der Waals surface area contributed by atoms with E-state index in [-0.39, 0.29) is 26.1 Å². The molecule has 0 aliphatic carbocycles. The summed E-state index contributed by atoms with van der Waals surface area (Å²) in [6, 6.07) is -1.36. The topological polar surface area (TPSA) is 59.0 Å². The lowest BCUT2D eigenvalue weighted by atomic mass is 9.77. The van der Waals surface area contributed by atoms with Crippen molar-refractivity contribution < 1.29 is 32.5 Å². The average molecular weight is 337 g/mol. The molecule has 1 N–H and O–H groups in total. The summed E-state index contributed by atoms with van der Waals surface area (Å²) >= 11 is 0. The van der Waals surface area contributed by atoms with E-state index < -0.39 is 41.1 Å². The standard InChI is InChI=1S/C15H22F3NO4/c1-9(15(16,17)18)14(21)5-10-7-22-8-11(6-14)19(10)12(20)23-13(2,3)4/h10-11,21H,1,5-8H2,2-4H3. The summed E-state index contributed by atoms with van der Waals surface area (Å²) in [5.41, 5.74) is -3.98. The molecule has 23 heavy (non-hydrogen) atoms. The highest BCUT2D eigenvalue weighted by molar-refractivity contribution is 5.69. The largest absolute Gasteiger partial charge is 0.444 e. The lowest BCUT2D eigenvalue weighted by Gasteiger charge is -2.51. The Morgan fingerprint density at radius 3 is 2.13 bits per heavy atom. The Labute approximate surface area is 133 Å². The molecular formula is C15H22F3NO4. The first kappa shape index (κ1) is 18.1. The van der Waals surface area contributed by atoms with Gasteiger partial charge in [-0.1, -0.05) is 6.58 Å². The smallest absolute Gasteiger partial charge is 0.414 e. The number of ether oxygens (including phenoxy) is 2. The van der Waals surface area contributed by atoms with Crippen LogP contribution in [0.3, 0.4) is 0 Å². The molecule has 132 valence electrons. The van der Waals surface area contributed by atoms with Gasteiger partial charge in [-0.25, -0.2) is 4.79 Å². The molecule has 8 heteroatoms. The third-order valence-electron chi connectivity index (χ3n) is 4.06. The number of carbonyl (C=O) groups is 1. The van der Waals surface area contributed by atoms with Gasteiger partial charge in [-0.05, 0) is 20.8 Å². The molecule has 0 aromatic carbocycles. The lowest BCUT2D eigenvalue weighted by molar-refractivity contribution is -0.160. The van der Waals surface area contributed by atoms with E-state index >= 15 is 0 Å². The zero-order valence-corrected chi connectivity index (χ0v) is 13.4. The minimum absolute atomic E-state index is 0.0587. The van der Waals surface area contributed by atoms with Crippen LogP contribution in [0.5, 0.6) is 0 Å². The van der Waals surface area contributed by atoms with E-state index in [1.807, 2.05) is 0 Å². The van der Waals surface area contributed by atoms with Gasteiger partial charge in [-0.2, -0.15) is 13.2 Å². The van der Waals surface area contributed by atoms with Crippen molar-refractivity contribution in [3.63, 3.8) is 0 Å². The molecule has 0 saturated carbocycles. The minimum Gasteiger partial charge on any atom is -0.444 e. The number of carbonyl (C=O) groups excluding carboxylic acids is 1. The molecule has 2 aliphatic rings. The van der Waals surface area contributed by atoms with Gasteiger partial charge in [0.05, 0.1) is 36.5 Å². The fraction of sp³-hybridized carbons (Fsp3) is 0.800. The summed E-state index contributed by atoms with van der Waals surface area (Å²) in [6.07, 6.45) is -5.84. The van der Waals surface area contributed by atoms with Gasteiger partial charge >= 0.3 is 12.3 Å². The molecule has 2 unspecified atom stereocenters. The normalized spacial score (nSPS) is 31.7. The molecule has 0 aromatic rings. The van der Waals surface area contributed by atoms with E-state index in [2.05, 4.69) is 6.58 Å². The number of amides is 1. The molecule has 2 bridgehead atoms. The van der Waals surface area contributed by atoms with Crippen LogP contribution in [0.4, 0.5) is 18.0 Å². The lowest BCUT2D eigenvalue weighted by Crippen LogP contribution is -2.65. The highest BCUT2D eigenvalue weighted by Crippen LogP contribution is 2.44. The van der Waals surface area contributed by atoms with Crippen LogP contribution < -0.4 is 0 Å². The van der Waals surface area contributed by atoms with Gasteiger partial charge in [-0.15, -0.1) is 0 Å². The van der Waals surface area contributed by atoms with Crippen LogP contribution >= 0.6 is 0 Å². The van der Waals surface area contributed by atoms with Crippen LogP contribution in [-0.4, -0.2) is 58.8 Å². The van der Waals surface area contributed by atoms with Crippen molar-refractivity contribution in [1.82, 2.24) is 4.90 Å². The molecule has 2 saturated heterocycles. The first-order valence-corrected chi connectivity index (χ1v) is 7.41. The van der Waals surface area contributed by atoms with Crippen molar-refractivity contribution in [1.29, 1.82) is 0 Å². The van der Waals surface area contributed by atoms with Crippen molar-refractivity contribution >= 4 is 6.09 Å². The molecular weight excluding hydrogens is 315 g/mol. The number of hydrogen-bond acceptors (Lipinski definition) is 4. The summed E-state index contributed by atoms with van der Waals surface area (Å²) in [7, 11) is 0. The molecule has 0 aromatic heterocycles. The molecule has 0 spiro atoms. The zero-order valence-electron chi connectivity index (χ0n) is 13.4. The maximum Gasteiger partial charge on any atom is 0.414 e. The van der Waals surface area contributed by atoms with Crippen LogP contribution in [0, 0.1) is 0 Å². The first-order chi connectivity index (χ1) is 10.3. The summed E-state index contributed by atoms with van der Waals surface area (Å²) < 4.78 is 49.5. The Morgan fingerprint density at radius 2 is 1.74 bits per heavy atom. The van der Waals surface area contributed by atoms with E-state index in [0.717, 1.165) is 0 Å². The van der Waals surface area contributed by atoms with Crippen molar-refractivity contribution in [3.05, 3.63) is 12.2 Å². The molecule has 5 nitrogen and oxygen atoms in total. The molecule has 1 amide bonds. The summed E-state index contributed by atoms with van der Waals surface area (Å²) in [5, 5.41) is 10.5. The van der Waals surface area contributed by atoms with E-state index in [0.29, 0.717) is 0 Å². The van der Waals surface area contributed by atoms with E-state index in [9.17, 15) is 23.1 Å². The van der Waals surface area contributed by atoms with Gasteiger partial charge in [0.15, 0.2) is 0 Å². The van der Waals surface area contributed by atoms with Crippen LogP contribution in [0.1, 0.15) is 33.6 Å². The van der Waals surface area contributed by atoms with Gasteiger partial charge in [-0.3, -0.25) is 4.90 Å². The third-order valence-corrected chi connectivity index (χ3v) is 4.06. The summed E-state index contributed by atoms with van der Waals surface area (Å²) in [4.78, 5) is 13.7. The Balaban J connectivity index is 2.21. The molecule has 0 radical (unpaired) electrons. The van der Waals surface area contributed by atoms with E-state index in [4.69, 9.17) is 9.47 Å². The van der Waals surface area contributed by atoms with Crippen LogP contribution in [0.2, 0.25) is 0 Å². The van der Waals surface area contributed by atoms with Crippen molar-refractivity contribution in [2.45, 2.75) is 63.1 Å². The molecule has 2 atom stereocenters. The fourth-order valence-corrected chi connectivity index (χ4v) is 3.10. The number of nitrogens with zero attached hydrogens (tertiary/aromatic N) is 1. The average Bonchev–Trinajstić information content (AvgIpc) is 2.33. The number of aliphatic hydroxyl groups is 1. The monoisotopic (exact) mass is 337 g/mol. The Morgan fingerprint density at radius 1 is 1.26 bits per heavy atom. The highest BCUT2D eigenvalue weighted by Gasteiger charge is 2.55. The number of rotatable bonds is 1. The highest BCUT2D eigenvalue weighted by atomic mass is 19.4. The predicted molar refractivity (Wildman–Crippen MR) is 75.8 cm³/mol. The van der Waals surface area contributed by atoms with E-state index in [1.54, 1.807) is 20.8 Å². The van der Waals surface area contributed by atoms with Crippen molar-refractivity contribution in [3.8, 4) is 0 Å². The third kappa shape index (κ3) is 3.80. The first-order valence-electron chi connectivity index (χ1n) is 7.41. The Hall–Kier alpha value is -1.28. The van der Waals surface area contributed by atoms with Gasteiger partial charge in [0.1, 0.15) is 5.60 Å². The quantitative estimate of drug-likeness (QED) is 0.748. The number of morpholine rings is 1. The Kier molecular flexibility index (Phi) is 4.45. The second-order valence-electron chi connectivity index (χ2n) is 7.15. The predicted octanol–water partition coefficient (Wildman–Crippen LogP) is 2.63. The van der Waals surface area contributed by atoms with Crippen LogP contribution in [0.15, 0.2) is 12.2 Å². The second kappa shape index (κ2) is 5.66. The van der Waals surface area contributed by atoms with Gasteiger partial charge in [0.25, 0.3) is 0 Å². The SMILES string of the molecule is C=C(C(F)(F)F)C1(O)CC2COCC(C1)N2C(=O)OC(C)(C)C. The minimum atomic E-state index is -4.68. The number of piperidine rings is 1. The number of fused-ring (bicyclic) bond motifs is 2. The van der Waals surface area contributed by atoms with Crippen LogP contribution in [0.25, 0.3) is 0 Å². The number of alkyl halides is 3. The zero-order chi connectivity index (χ0) is 17.6. The molecule has 2 aliphatic heterocycles. The maximum atomic E-state index is 12.9. The second-order valence-corrected chi connectivity index (χ2v) is 7.15. The summed E-state index contributed by atoms with van der Waals surface area (Å²) in [5.74, 6) is 0. The molecule has 2 rings (SSSR count). The van der Waals surface area contributed by atoms with Crippen molar-refractivity contribution in [2.24, 2.45) is 0 Å². The Bertz CT molecular complexity index is 484. The van der Waals surface area contributed by atoms with E-state index in [1.165, 1.54) is 4.90 Å². The van der Waals surface area contributed by atoms with Crippen LogP contribution in [-0.2, 0) is 9.47 Å². The number of halogens is 3. The maximum absolute atomic E-state index is 12.9. The molecule has 2 fully saturated rings. The molecule has 2 heterocycles. The van der Waals surface area contributed by atoms with Crippen molar-refractivity contribution in [2.75, 3.05) is 13.2 Å². The van der Waals surface area contributed by atoms with Gasteiger partial charge in [0, 0.05) is 12.8 Å². The van der Waals surface area contributed by atoms with Gasteiger partial charge in [0.2, 0.25) is 0 Å². The van der Waals surface area contributed by atoms with Gasteiger partial charge < -0.3 is 14.6 Å².